The minimum atomic E-state index is -4.05. The van der Waals surface area contributed by atoms with Crippen LogP contribution in [-0.2, 0) is 0 Å². The van der Waals surface area contributed by atoms with Crippen LogP contribution in [0.4, 0.5) is 13.2 Å². The Bertz CT molecular complexity index is 627. The average Bonchev–Trinajstić information content (AvgIpc) is 3.20. The average molecular weight is 527 g/mol. The lowest BCUT2D eigenvalue weighted by atomic mass is 9.82. The first-order valence-electron chi connectivity index (χ1n) is 10.5. The summed E-state index contributed by atoms with van der Waals surface area (Å²) in [5.41, 5.74) is 0. The Morgan fingerprint density at radius 2 is 1.93 bits per heavy atom. The van der Waals surface area contributed by atoms with Gasteiger partial charge in [0.1, 0.15) is 0 Å². The summed E-state index contributed by atoms with van der Waals surface area (Å²) in [6.45, 7) is 7.51. The van der Waals surface area contributed by atoms with E-state index in [0.717, 1.165) is 32.0 Å². The summed E-state index contributed by atoms with van der Waals surface area (Å²) >= 11 is 0. The van der Waals surface area contributed by atoms with Gasteiger partial charge in [-0.15, -0.1) is 24.0 Å². The number of nitrogens with one attached hydrogen (secondary N) is 1. The van der Waals surface area contributed by atoms with Crippen LogP contribution in [0.3, 0.4) is 0 Å². The summed E-state index contributed by atoms with van der Waals surface area (Å²) in [7, 11) is 0. The number of imidazole rings is 1. The molecule has 0 bridgehead atoms. The Hall–Kier alpha value is -1.00. The van der Waals surface area contributed by atoms with Crippen LogP contribution in [0.25, 0.3) is 0 Å². The Kier molecular flexibility index (Phi) is 9.09. The molecule has 166 valence electrons. The third-order valence-electron chi connectivity index (χ3n) is 6.27. The maximum absolute atomic E-state index is 12.9. The number of hydrogen-bond acceptors (Lipinski definition) is 2. The van der Waals surface area contributed by atoms with Gasteiger partial charge in [0.05, 0.1) is 18.3 Å². The number of guanidine groups is 1. The van der Waals surface area contributed by atoms with Crippen molar-refractivity contribution in [3.63, 3.8) is 0 Å². The molecule has 2 aliphatic rings. The summed E-state index contributed by atoms with van der Waals surface area (Å²) in [6, 6.07) is 0.349. The van der Waals surface area contributed by atoms with Gasteiger partial charge in [-0.1, -0.05) is 6.92 Å². The number of likely N-dealkylation sites (tertiary alicyclic amines) is 1. The predicted octanol–water partition coefficient (Wildman–Crippen LogP) is 4.72. The molecule has 1 aliphatic heterocycles. The lowest BCUT2D eigenvalue weighted by Gasteiger charge is -2.39. The molecule has 3 rings (SSSR count). The van der Waals surface area contributed by atoms with Crippen LogP contribution >= 0.6 is 24.0 Å². The van der Waals surface area contributed by atoms with Crippen molar-refractivity contribution < 1.29 is 13.2 Å². The van der Waals surface area contributed by atoms with Gasteiger partial charge >= 0.3 is 6.18 Å². The first-order chi connectivity index (χ1) is 13.4. The molecule has 0 aromatic carbocycles. The van der Waals surface area contributed by atoms with Gasteiger partial charge in [-0.25, -0.2) is 4.98 Å². The van der Waals surface area contributed by atoms with E-state index in [9.17, 15) is 13.2 Å². The van der Waals surface area contributed by atoms with E-state index in [2.05, 4.69) is 26.7 Å². The highest BCUT2D eigenvalue weighted by Gasteiger charge is 2.41. The zero-order valence-corrected chi connectivity index (χ0v) is 19.6. The van der Waals surface area contributed by atoms with E-state index >= 15 is 0 Å². The van der Waals surface area contributed by atoms with Crippen LogP contribution in [0.2, 0.25) is 0 Å². The van der Waals surface area contributed by atoms with Gasteiger partial charge in [-0.2, -0.15) is 13.2 Å². The van der Waals surface area contributed by atoms with E-state index in [1.54, 1.807) is 0 Å². The van der Waals surface area contributed by atoms with Crippen LogP contribution < -0.4 is 5.32 Å². The summed E-state index contributed by atoms with van der Waals surface area (Å²) in [4.78, 5) is 11.3. The van der Waals surface area contributed by atoms with Gasteiger partial charge < -0.3 is 14.8 Å². The zero-order chi connectivity index (χ0) is 20.1. The number of piperidine rings is 1. The Morgan fingerprint density at radius 3 is 2.52 bits per heavy atom. The lowest BCUT2D eigenvalue weighted by Crippen LogP contribution is -2.49. The van der Waals surface area contributed by atoms with Gasteiger partial charge in [-0.05, 0) is 50.9 Å². The van der Waals surface area contributed by atoms with Crippen LogP contribution in [0.1, 0.15) is 52.0 Å². The maximum Gasteiger partial charge on any atom is 0.391 e. The van der Waals surface area contributed by atoms with E-state index in [0.29, 0.717) is 31.3 Å². The highest BCUT2D eigenvalue weighted by atomic mass is 127. The Balaban J connectivity index is 0.00000300. The third kappa shape index (κ3) is 6.49. The van der Waals surface area contributed by atoms with E-state index in [-0.39, 0.29) is 42.7 Å². The molecule has 2 fully saturated rings. The molecule has 0 spiro atoms. The molecule has 29 heavy (non-hydrogen) atoms. The van der Waals surface area contributed by atoms with Crippen LogP contribution in [0.15, 0.2) is 23.7 Å². The molecule has 1 aromatic rings. The van der Waals surface area contributed by atoms with Crippen molar-refractivity contribution in [1.82, 2.24) is 19.8 Å². The first-order valence-corrected chi connectivity index (χ1v) is 10.5. The molecule has 1 aliphatic carbocycles. The summed E-state index contributed by atoms with van der Waals surface area (Å²) in [5.74, 6) is 0.573. The second-order valence-corrected chi connectivity index (χ2v) is 8.24. The molecule has 0 radical (unpaired) electrons. The molecule has 1 aromatic heterocycles. The zero-order valence-electron chi connectivity index (χ0n) is 17.2. The first kappa shape index (κ1) is 24.3. The fourth-order valence-corrected chi connectivity index (χ4v) is 4.41. The fourth-order valence-electron chi connectivity index (χ4n) is 4.41. The minimum Gasteiger partial charge on any atom is -0.357 e. The van der Waals surface area contributed by atoms with Crippen molar-refractivity contribution >= 4 is 29.9 Å². The topological polar surface area (TPSA) is 45.5 Å². The van der Waals surface area contributed by atoms with Crippen molar-refractivity contribution in [3.05, 3.63) is 18.7 Å². The third-order valence-corrected chi connectivity index (χ3v) is 6.27. The second kappa shape index (κ2) is 10.9. The van der Waals surface area contributed by atoms with E-state index in [1.165, 1.54) is 0 Å². The number of halogens is 4. The SMILES string of the molecule is CCNC(=NCC1CCC(C(F)(F)F)CC1)N1CCC(C)C(n2ccnc2)C1.I. The minimum absolute atomic E-state index is 0. The Labute approximate surface area is 188 Å². The van der Waals surface area contributed by atoms with Crippen molar-refractivity contribution in [2.45, 2.75) is 58.2 Å². The maximum atomic E-state index is 12.9. The summed E-state index contributed by atoms with van der Waals surface area (Å²) in [5, 5.41) is 3.38. The fraction of sp³-hybridized carbons (Fsp3) is 0.800. The number of rotatable bonds is 4. The molecular formula is C20H33F3IN5. The molecule has 9 heteroatoms. The number of hydrogen-bond donors (Lipinski definition) is 1. The normalized spacial score (nSPS) is 28.7. The van der Waals surface area contributed by atoms with Crippen LogP contribution in [0, 0.1) is 17.8 Å². The van der Waals surface area contributed by atoms with E-state index in [1.807, 2.05) is 25.6 Å². The molecule has 2 atom stereocenters. The predicted molar refractivity (Wildman–Crippen MR) is 120 cm³/mol. The molecule has 2 heterocycles. The van der Waals surface area contributed by atoms with Gasteiger partial charge in [0, 0.05) is 38.6 Å². The molecule has 1 saturated heterocycles. The summed E-state index contributed by atoms with van der Waals surface area (Å²) in [6.07, 6.45) is 4.42. The smallest absolute Gasteiger partial charge is 0.357 e. The van der Waals surface area contributed by atoms with Crippen molar-refractivity contribution in [2.75, 3.05) is 26.2 Å². The van der Waals surface area contributed by atoms with E-state index < -0.39 is 12.1 Å². The highest BCUT2D eigenvalue weighted by molar-refractivity contribution is 14.0. The second-order valence-electron chi connectivity index (χ2n) is 8.24. The monoisotopic (exact) mass is 527 g/mol. The van der Waals surface area contributed by atoms with Gasteiger partial charge in [0.25, 0.3) is 0 Å². The van der Waals surface area contributed by atoms with E-state index in [4.69, 9.17) is 4.99 Å². The van der Waals surface area contributed by atoms with Gasteiger partial charge in [-0.3, -0.25) is 4.99 Å². The van der Waals surface area contributed by atoms with Crippen molar-refractivity contribution in [2.24, 2.45) is 22.7 Å². The highest BCUT2D eigenvalue weighted by Crippen LogP contribution is 2.39. The largest absolute Gasteiger partial charge is 0.391 e. The van der Waals surface area contributed by atoms with Crippen molar-refractivity contribution in [3.8, 4) is 0 Å². The number of alkyl halides is 3. The summed E-state index contributed by atoms with van der Waals surface area (Å²) < 4.78 is 40.7. The van der Waals surface area contributed by atoms with Gasteiger partial charge in [0.15, 0.2) is 5.96 Å². The molecule has 2 unspecified atom stereocenters. The molecule has 1 N–H and O–H groups in total. The molecule has 0 amide bonds. The van der Waals surface area contributed by atoms with Crippen LogP contribution in [0.5, 0.6) is 0 Å². The number of nitrogens with zero attached hydrogens (tertiary/aromatic N) is 4. The molecular weight excluding hydrogens is 494 g/mol. The molecule has 5 nitrogen and oxygen atoms in total. The number of aliphatic imine (C=N–C) groups is 1. The number of aromatic nitrogens is 2. The molecule has 1 saturated carbocycles. The lowest BCUT2D eigenvalue weighted by molar-refractivity contribution is -0.183. The van der Waals surface area contributed by atoms with Gasteiger partial charge in [0.2, 0.25) is 0 Å². The van der Waals surface area contributed by atoms with Crippen molar-refractivity contribution in [1.29, 1.82) is 0 Å². The standard InChI is InChI=1S/C20H32F3N5.HI/c1-3-25-19(26-12-16-4-6-17(7-5-16)20(21,22)23)27-10-8-15(2)18(13-27)28-11-9-24-14-28;/h9,11,14-18H,3-8,10,12-13H2,1-2H3,(H,25,26);1H. The van der Waals surface area contributed by atoms with Crippen LogP contribution in [-0.4, -0.2) is 52.8 Å². The quantitative estimate of drug-likeness (QED) is 0.351. The Morgan fingerprint density at radius 1 is 1.21 bits per heavy atom.